The van der Waals surface area contributed by atoms with Gasteiger partial charge in [-0.05, 0) is 18.6 Å². The summed E-state index contributed by atoms with van der Waals surface area (Å²) in [5.74, 6) is 1.10. The van der Waals surface area contributed by atoms with Crippen molar-refractivity contribution in [3.8, 4) is 11.5 Å². The Bertz CT molecular complexity index is 256. The lowest BCUT2D eigenvalue weighted by molar-refractivity contribution is 0.399. The maximum absolute atomic E-state index is 9.47. The molecule has 0 radical (unpaired) electrons. The maximum Gasteiger partial charge on any atom is 0.125 e. The number of hydrogen-bond donors (Lipinski definition) is 1. The van der Waals surface area contributed by atoms with Crippen LogP contribution in [-0.2, 0) is 6.42 Å². The molecule has 0 saturated carbocycles. The summed E-state index contributed by atoms with van der Waals surface area (Å²) in [4.78, 5) is 0. The first-order valence-corrected chi connectivity index (χ1v) is 4.14. The smallest absolute Gasteiger partial charge is 0.125 e. The van der Waals surface area contributed by atoms with Gasteiger partial charge in [-0.25, -0.2) is 0 Å². The minimum atomic E-state index is 0.330. The van der Waals surface area contributed by atoms with E-state index in [0.717, 1.165) is 24.2 Å². The van der Waals surface area contributed by atoms with Crippen molar-refractivity contribution in [1.82, 2.24) is 0 Å². The minimum absolute atomic E-state index is 0.330. The summed E-state index contributed by atoms with van der Waals surface area (Å²) in [5.41, 5.74) is 0.905. The van der Waals surface area contributed by atoms with E-state index in [1.807, 2.05) is 6.07 Å². The SMILES string of the molecule is CCCc1c(O)cccc1OC. The van der Waals surface area contributed by atoms with Crippen molar-refractivity contribution in [2.24, 2.45) is 0 Å². The standard InChI is InChI=1S/C10H14O2/c1-3-5-8-9(11)6-4-7-10(8)12-2/h4,6-7,11H,3,5H2,1-2H3. The van der Waals surface area contributed by atoms with Gasteiger partial charge in [-0.15, -0.1) is 0 Å². The van der Waals surface area contributed by atoms with Crippen LogP contribution in [0.25, 0.3) is 0 Å². The molecule has 0 atom stereocenters. The summed E-state index contributed by atoms with van der Waals surface area (Å²) < 4.78 is 5.12. The molecule has 12 heavy (non-hydrogen) atoms. The Morgan fingerprint density at radius 2 is 2.17 bits per heavy atom. The molecule has 0 spiro atoms. The van der Waals surface area contributed by atoms with Gasteiger partial charge < -0.3 is 9.84 Å². The second-order valence-electron chi connectivity index (χ2n) is 2.71. The molecule has 66 valence electrons. The van der Waals surface area contributed by atoms with Crippen LogP contribution in [0.15, 0.2) is 18.2 Å². The van der Waals surface area contributed by atoms with Gasteiger partial charge in [-0.1, -0.05) is 19.4 Å². The fraction of sp³-hybridized carbons (Fsp3) is 0.400. The Balaban J connectivity index is 3.02. The van der Waals surface area contributed by atoms with E-state index in [9.17, 15) is 5.11 Å². The Kier molecular flexibility index (Phi) is 2.97. The highest BCUT2D eigenvalue weighted by molar-refractivity contribution is 5.43. The van der Waals surface area contributed by atoms with Crippen LogP contribution in [0.1, 0.15) is 18.9 Å². The number of aromatic hydroxyl groups is 1. The zero-order valence-electron chi connectivity index (χ0n) is 7.50. The van der Waals surface area contributed by atoms with Gasteiger partial charge in [0.2, 0.25) is 0 Å². The first kappa shape index (κ1) is 8.91. The van der Waals surface area contributed by atoms with Gasteiger partial charge in [0.1, 0.15) is 11.5 Å². The van der Waals surface area contributed by atoms with Crippen molar-refractivity contribution in [1.29, 1.82) is 0 Å². The van der Waals surface area contributed by atoms with Gasteiger partial charge in [0.15, 0.2) is 0 Å². The van der Waals surface area contributed by atoms with E-state index in [1.54, 1.807) is 19.2 Å². The molecule has 1 aromatic carbocycles. The number of hydrogen-bond acceptors (Lipinski definition) is 2. The number of rotatable bonds is 3. The Morgan fingerprint density at radius 1 is 1.42 bits per heavy atom. The van der Waals surface area contributed by atoms with Crippen LogP contribution >= 0.6 is 0 Å². The molecule has 2 heteroatoms. The molecule has 0 amide bonds. The van der Waals surface area contributed by atoms with Crippen molar-refractivity contribution >= 4 is 0 Å². The van der Waals surface area contributed by atoms with Gasteiger partial charge in [-0.3, -0.25) is 0 Å². The van der Waals surface area contributed by atoms with E-state index in [2.05, 4.69) is 6.92 Å². The molecule has 0 aliphatic heterocycles. The third-order valence-corrected chi connectivity index (χ3v) is 1.83. The maximum atomic E-state index is 9.47. The highest BCUT2D eigenvalue weighted by atomic mass is 16.5. The summed E-state index contributed by atoms with van der Waals surface area (Å²) in [7, 11) is 1.62. The topological polar surface area (TPSA) is 29.5 Å². The molecular weight excluding hydrogens is 152 g/mol. The summed E-state index contributed by atoms with van der Waals surface area (Å²) >= 11 is 0. The number of benzene rings is 1. The van der Waals surface area contributed by atoms with E-state index >= 15 is 0 Å². The third kappa shape index (κ3) is 1.70. The fourth-order valence-electron chi connectivity index (χ4n) is 1.25. The molecule has 1 rings (SSSR count). The van der Waals surface area contributed by atoms with Crippen LogP contribution in [0.5, 0.6) is 11.5 Å². The Labute approximate surface area is 72.8 Å². The molecule has 0 aromatic heterocycles. The van der Waals surface area contributed by atoms with Crippen LogP contribution in [0.2, 0.25) is 0 Å². The highest BCUT2D eigenvalue weighted by Gasteiger charge is 2.05. The molecule has 0 aliphatic carbocycles. The predicted molar refractivity (Wildman–Crippen MR) is 48.7 cm³/mol. The number of ether oxygens (including phenoxy) is 1. The molecule has 0 aliphatic rings. The van der Waals surface area contributed by atoms with Gasteiger partial charge in [0.25, 0.3) is 0 Å². The van der Waals surface area contributed by atoms with Gasteiger partial charge in [0, 0.05) is 5.56 Å². The van der Waals surface area contributed by atoms with E-state index in [4.69, 9.17) is 4.74 Å². The van der Waals surface area contributed by atoms with Crippen molar-refractivity contribution in [3.05, 3.63) is 23.8 Å². The molecular formula is C10H14O2. The molecule has 1 aromatic rings. The number of phenols is 1. The summed E-state index contributed by atoms with van der Waals surface area (Å²) in [6, 6.07) is 5.34. The summed E-state index contributed by atoms with van der Waals surface area (Å²) in [6.45, 7) is 2.08. The van der Waals surface area contributed by atoms with Crippen molar-refractivity contribution < 1.29 is 9.84 Å². The molecule has 1 N–H and O–H groups in total. The van der Waals surface area contributed by atoms with Crippen molar-refractivity contribution in [3.63, 3.8) is 0 Å². The van der Waals surface area contributed by atoms with Gasteiger partial charge in [0.05, 0.1) is 7.11 Å². The normalized spacial score (nSPS) is 9.83. The van der Waals surface area contributed by atoms with Crippen molar-refractivity contribution in [2.45, 2.75) is 19.8 Å². The van der Waals surface area contributed by atoms with Crippen LogP contribution in [0.3, 0.4) is 0 Å². The van der Waals surface area contributed by atoms with Gasteiger partial charge >= 0.3 is 0 Å². The van der Waals surface area contributed by atoms with Gasteiger partial charge in [-0.2, -0.15) is 0 Å². The van der Waals surface area contributed by atoms with Crippen LogP contribution in [0.4, 0.5) is 0 Å². The zero-order chi connectivity index (χ0) is 8.97. The third-order valence-electron chi connectivity index (χ3n) is 1.83. The quantitative estimate of drug-likeness (QED) is 0.746. The molecule has 0 heterocycles. The molecule has 0 bridgehead atoms. The van der Waals surface area contributed by atoms with Crippen LogP contribution in [-0.4, -0.2) is 12.2 Å². The number of methoxy groups -OCH3 is 1. The van der Waals surface area contributed by atoms with E-state index < -0.39 is 0 Å². The van der Waals surface area contributed by atoms with Crippen LogP contribution < -0.4 is 4.74 Å². The first-order valence-electron chi connectivity index (χ1n) is 4.14. The Hall–Kier alpha value is -1.18. The van der Waals surface area contributed by atoms with Crippen LogP contribution in [0, 0.1) is 0 Å². The van der Waals surface area contributed by atoms with E-state index in [-0.39, 0.29) is 0 Å². The lowest BCUT2D eigenvalue weighted by Gasteiger charge is -2.08. The average molecular weight is 166 g/mol. The first-order chi connectivity index (χ1) is 5.79. The Morgan fingerprint density at radius 3 is 2.75 bits per heavy atom. The molecule has 0 saturated heterocycles. The molecule has 0 fully saturated rings. The monoisotopic (exact) mass is 166 g/mol. The number of phenolic OH excluding ortho intramolecular Hbond substituents is 1. The second-order valence-corrected chi connectivity index (χ2v) is 2.71. The average Bonchev–Trinajstić information content (AvgIpc) is 2.09. The lowest BCUT2D eigenvalue weighted by Crippen LogP contribution is -1.91. The lowest BCUT2D eigenvalue weighted by atomic mass is 10.1. The second kappa shape index (κ2) is 4.00. The molecule has 2 nitrogen and oxygen atoms in total. The highest BCUT2D eigenvalue weighted by Crippen LogP contribution is 2.28. The zero-order valence-corrected chi connectivity index (χ0v) is 7.50. The minimum Gasteiger partial charge on any atom is -0.508 e. The van der Waals surface area contributed by atoms with E-state index in [1.165, 1.54) is 0 Å². The van der Waals surface area contributed by atoms with Crippen molar-refractivity contribution in [2.75, 3.05) is 7.11 Å². The largest absolute Gasteiger partial charge is 0.508 e. The summed E-state index contributed by atoms with van der Waals surface area (Å²) in [5, 5.41) is 9.47. The predicted octanol–water partition coefficient (Wildman–Crippen LogP) is 2.35. The summed E-state index contributed by atoms with van der Waals surface area (Å²) in [6.07, 6.45) is 1.86. The molecule has 0 unspecified atom stereocenters. The van der Waals surface area contributed by atoms with E-state index in [0.29, 0.717) is 5.75 Å². The fourth-order valence-corrected chi connectivity index (χ4v) is 1.25.